The van der Waals surface area contributed by atoms with Crippen LogP contribution in [0.15, 0.2) is 0 Å². The van der Waals surface area contributed by atoms with Crippen molar-refractivity contribution in [3.8, 4) is 0 Å². The van der Waals surface area contributed by atoms with Gasteiger partial charge in [-0.15, -0.1) is 0 Å². The van der Waals surface area contributed by atoms with E-state index in [0.717, 1.165) is 0 Å². The molecule has 0 saturated carbocycles. The zero-order valence-electron chi connectivity index (χ0n) is 12.0. The van der Waals surface area contributed by atoms with Crippen LogP contribution in [-0.4, -0.2) is 51.8 Å². The van der Waals surface area contributed by atoms with Crippen LogP contribution in [0.2, 0.25) is 0 Å². The van der Waals surface area contributed by atoms with E-state index in [0.29, 0.717) is 13.2 Å². The second kappa shape index (κ2) is 10.6. The molecule has 0 saturated heterocycles. The Balaban J connectivity index is 4.11. The summed E-state index contributed by atoms with van der Waals surface area (Å²) < 4.78 is 58.9. The van der Waals surface area contributed by atoms with E-state index in [9.17, 15) is 13.3 Å². The third-order valence-electron chi connectivity index (χ3n) is 2.18. The molecule has 0 aromatic heterocycles. The SMILES string of the molecule is CCOP(=O)(OCC)C(F)(F)CCOCCOCCN. The molecule has 0 aromatic carbocycles. The van der Waals surface area contributed by atoms with Crippen molar-refractivity contribution in [3.05, 3.63) is 0 Å². The van der Waals surface area contributed by atoms with Crippen molar-refractivity contribution in [2.45, 2.75) is 25.9 Å². The Kier molecular flexibility index (Phi) is 10.5. The minimum absolute atomic E-state index is 0.110. The normalized spacial score (nSPS) is 12.8. The summed E-state index contributed by atoms with van der Waals surface area (Å²) in [6.45, 7) is 3.71. The number of hydrogen-bond donors (Lipinski definition) is 1. The number of nitrogens with two attached hydrogens (primary N) is 1. The minimum Gasteiger partial charge on any atom is -0.379 e. The van der Waals surface area contributed by atoms with Crippen molar-refractivity contribution in [2.75, 3.05) is 46.2 Å². The smallest absolute Gasteiger partial charge is 0.379 e. The summed E-state index contributed by atoms with van der Waals surface area (Å²) in [5.74, 6) is 0. The Morgan fingerprint density at radius 1 is 1.00 bits per heavy atom. The van der Waals surface area contributed by atoms with Crippen LogP contribution in [0.1, 0.15) is 20.3 Å². The standard InChI is InChI=1S/C11H24F2NO5P/c1-3-18-20(15,19-4-2)11(12,13)5-7-16-9-10-17-8-6-14/h3-10,14H2,1-2H3. The molecule has 0 fully saturated rings. The van der Waals surface area contributed by atoms with Gasteiger partial charge in [-0.05, 0) is 13.8 Å². The fourth-order valence-electron chi connectivity index (χ4n) is 1.30. The van der Waals surface area contributed by atoms with Gasteiger partial charge in [-0.1, -0.05) is 0 Å². The second-order valence-electron chi connectivity index (χ2n) is 3.76. The second-order valence-corrected chi connectivity index (χ2v) is 5.93. The van der Waals surface area contributed by atoms with Gasteiger partial charge in [-0.3, -0.25) is 4.57 Å². The molecule has 122 valence electrons. The molecular formula is C11H24F2NO5P. The van der Waals surface area contributed by atoms with Crippen LogP contribution in [0.3, 0.4) is 0 Å². The van der Waals surface area contributed by atoms with Gasteiger partial charge >= 0.3 is 13.3 Å². The van der Waals surface area contributed by atoms with E-state index >= 15 is 0 Å². The van der Waals surface area contributed by atoms with Crippen molar-refractivity contribution < 1.29 is 31.9 Å². The van der Waals surface area contributed by atoms with Crippen LogP contribution in [0, 0.1) is 0 Å². The van der Waals surface area contributed by atoms with E-state index < -0.39 is 19.7 Å². The van der Waals surface area contributed by atoms with Crippen LogP contribution in [0.5, 0.6) is 0 Å². The average molecular weight is 319 g/mol. The quantitative estimate of drug-likeness (QED) is 0.414. The van der Waals surface area contributed by atoms with Gasteiger partial charge in [0.05, 0.1) is 39.6 Å². The van der Waals surface area contributed by atoms with Crippen molar-refractivity contribution in [1.82, 2.24) is 0 Å². The fourth-order valence-corrected chi connectivity index (χ4v) is 2.80. The maximum atomic E-state index is 13.8. The molecule has 0 aromatic rings. The zero-order valence-corrected chi connectivity index (χ0v) is 12.9. The lowest BCUT2D eigenvalue weighted by molar-refractivity contribution is -0.00805. The first-order valence-electron chi connectivity index (χ1n) is 6.56. The van der Waals surface area contributed by atoms with Gasteiger partial charge in [0, 0.05) is 13.0 Å². The first kappa shape index (κ1) is 19.9. The molecule has 2 N–H and O–H groups in total. The lowest BCUT2D eigenvalue weighted by Crippen LogP contribution is -2.23. The number of alkyl halides is 2. The van der Waals surface area contributed by atoms with Crippen molar-refractivity contribution >= 4 is 7.60 Å². The summed E-state index contributed by atoms with van der Waals surface area (Å²) in [5.41, 5.74) is 1.64. The minimum atomic E-state index is -4.45. The van der Waals surface area contributed by atoms with Gasteiger partial charge < -0.3 is 24.3 Å². The van der Waals surface area contributed by atoms with Crippen LogP contribution in [-0.2, 0) is 23.1 Å². The molecule has 9 heteroatoms. The van der Waals surface area contributed by atoms with Crippen molar-refractivity contribution in [3.63, 3.8) is 0 Å². The van der Waals surface area contributed by atoms with Gasteiger partial charge in [0.15, 0.2) is 0 Å². The average Bonchev–Trinajstić information content (AvgIpc) is 2.38. The highest BCUT2D eigenvalue weighted by atomic mass is 31.2. The molecule has 6 nitrogen and oxygen atoms in total. The third kappa shape index (κ3) is 7.06. The van der Waals surface area contributed by atoms with E-state index in [1.165, 1.54) is 13.8 Å². The summed E-state index contributed by atoms with van der Waals surface area (Å²) >= 11 is 0. The molecule has 0 aliphatic carbocycles. The molecule has 0 aliphatic heterocycles. The highest BCUT2D eigenvalue weighted by molar-refractivity contribution is 7.55. The van der Waals surface area contributed by atoms with Gasteiger partial charge in [0.1, 0.15) is 0 Å². The van der Waals surface area contributed by atoms with Gasteiger partial charge in [-0.2, -0.15) is 8.78 Å². The van der Waals surface area contributed by atoms with E-state index in [1.54, 1.807) is 0 Å². The third-order valence-corrected chi connectivity index (χ3v) is 4.40. The molecule has 0 heterocycles. The van der Waals surface area contributed by atoms with Gasteiger partial charge in [0.2, 0.25) is 0 Å². The van der Waals surface area contributed by atoms with Crippen molar-refractivity contribution in [1.29, 1.82) is 0 Å². The van der Waals surface area contributed by atoms with Crippen molar-refractivity contribution in [2.24, 2.45) is 5.73 Å². The highest BCUT2D eigenvalue weighted by Gasteiger charge is 2.52. The number of ether oxygens (including phenoxy) is 2. The molecule has 0 unspecified atom stereocenters. The number of halogens is 2. The summed E-state index contributed by atoms with van der Waals surface area (Å²) in [7, 11) is -4.45. The summed E-state index contributed by atoms with van der Waals surface area (Å²) in [6, 6.07) is 0. The zero-order chi connectivity index (χ0) is 15.5. The fraction of sp³-hybridized carbons (Fsp3) is 1.00. The van der Waals surface area contributed by atoms with Gasteiger partial charge in [-0.25, -0.2) is 0 Å². The molecule has 0 aliphatic rings. The first-order valence-corrected chi connectivity index (χ1v) is 8.10. The highest BCUT2D eigenvalue weighted by Crippen LogP contribution is 2.63. The molecular weight excluding hydrogens is 295 g/mol. The number of rotatable bonds is 13. The Hall–Kier alpha value is -0.110. The van der Waals surface area contributed by atoms with E-state index in [1.807, 2.05) is 0 Å². The van der Waals surface area contributed by atoms with E-state index in [2.05, 4.69) is 9.05 Å². The molecule has 0 radical (unpaired) electrons. The molecule has 0 amide bonds. The predicted molar refractivity (Wildman–Crippen MR) is 71.1 cm³/mol. The Morgan fingerprint density at radius 2 is 1.50 bits per heavy atom. The molecule has 20 heavy (non-hydrogen) atoms. The maximum absolute atomic E-state index is 13.8. The largest absolute Gasteiger partial charge is 0.399 e. The molecule has 0 rings (SSSR count). The van der Waals surface area contributed by atoms with Crippen LogP contribution in [0.25, 0.3) is 0 Å². The molecule has 0 spiro atoms. The Bertz CT molecular complexity index is 284. The van der Waals surface area contributed by atoms with E-state index in [-0.39, 0.29) is 33.0 Å². The predicted octanol–water partition coefficient (Wildman–Crippen LogP) is 2.23. The lowest BCUT2D eigenvalue weighted by Gasteiger charge is -2.25. The number of hydrogen-bond acceptors (Lipinski definition) is 6. The van der Waals surface area contributed by atoms with E-state index in [4.69, 9.17) is 15.2 Å². The monoisotopic (exact) mass is 319 g/mol. The van der Waals surface area contributed by atoms with Crippen LogP contribution >= 0.6 is 7.60 Å². The Labute approximate surface area is 118 Å². The maximum Gasteiger partial charge on any atom is 0.399 e. The first-order chi connectivity index (χ1) is 9.43. The topological polar surface area (TPSA) is 80.0 Å². The molecule has 0 atom stereocenters. The summed E-state index contributed by atoms with van der Waals surface area (Å²) in [4.78, 5) is 0. The molecule has 0 bridgehead atoms. The lowest BCUT2D eigenvalue weighted by atomic mass is 10.5. The van der Waals surface area contributed by atoms with Crippen LogP contribution < -0.4 is 5.73 Å². The summed E-state index contributed by atoms with van der Waals surface area (Å²) in [6.07, 6.45) is -0.735. The Morgan fingerprint density at radius 3 is 1.95 bits per heavy atom. The van der Waals surface area contributed by atoms with Crippen LogP contribution in [0.4, 0.5) is 8.78 Å². The van der Waals surface area contributed by atoms with Gasteiger partial charge in [0.25, 0.3) is 0 Å². The summed E-state index contributed by atoms with van der Waals surface area (Å²) in [5, 5.41) is 0.